The molecular formula is C13H18BrNO4. The van der Waals surface area contributed by atoms with E-state index < -0.39 is 12.1 Å². The van der Waals surface area contributed by atoms with Crippen molar-refractivity contribution >= 4 is 21.9 Å². The van der Waals surface area contributed by atoms with Crippen LogP contribution in [-0.2, 0) is 11.3 Å². The van der Waals surface area contributed by atoms with Crippen LogP contribution in [0.5, 0.6) is 11.5 Å². The monoisotopic (exact) mass is 331 g/mol. The predicted octanol–water partition coefficient (Wildman–Crippen LogP) is 2.55. The fourth-order valence-electron chi connectivity index (χ4n) is 1.64. The molecule has 0 spiro atoms. The highest BCUT2D eigenvalue weighted by Crippen LogP contribution is 2.37. The minimum absolute atomic E-state index is 0.368. The number of benzene rings is 1. The first-order valence-corrected chi connectivity index (χ1v) is 6.78. The molecule has 0 aromatic heterocycles. The van der Waals surface area contributed by atoms with E-state index in [9.17, 15) is 4.79 Å². The van der Waals surface area contributed by atoms with Gasteiger partial charge in [0.1, 0.15) is 0 Å². The van der Waals surface area contributed by atoms with Gasteiger partial charge in [-0.15, -0.1) is 0 Å². The number of methoxy groups -OCH3 is 1. The van der Waals surface area contributed by atoms with Crippen molar-refractivity contribution in [1.82, 2.24) is 0 Å². The highest BCUT2D eigenvalue weighted by Gasteiger charge is 2.22. The summed E-state index contributed by atoms with van der Waals surface area (Å²) < 4.78 is 11.4. The van der Waals surface area contributed by atoms with Crippen LogP contribution in [0.4, 0.5) is 0 Å². The number of carboxylic acids is 1. The maximum Gasteiger partial charge on any atom is 0.344 e. The van der Waals surface area contributed by atoms with Gasteiger partial charge in [0.25, 0.3) is 0 Å². The molecule has 1 atom stereocenters. The molecule has 6 heteroatoms. The Morgan fingerprint density at radius 3 is 2.68 bits per heavy atom. The first-order chi connectivity index (χ1) is 9.03. The fraction of sp³-hybridized carbons (Fsp3) is 0.462. The van der Waals surface area contributed by atoms with Crippen molar-refractivity contribution < 1.29 is 19.4 Å². The van der Waals surface area contributed by atoms with E-state index in [1.807, 2.05) is 6.92 Å². The van der Waals surface area contributed by atoms with Crippen LogP contribution in [0.25, 0.3) is 0 Å². The zero-order chi connectivity index (χ0) is 14.4. The minimum Gasteiger partial charge on any atom is -0.493 e. The van der Waals surface area contributed by atoms with E-state index in [1.54, 1.807) is 12.1 Å². The Balaban J connectivity index is 3.08. The minimum atomic E-state index is -0.987. The number of nitrogens with two attached hydrogens (primary N) is 1. The molecule has 1 unspecified atom stereocenters. The lowest BCUT2D eigenvalue weighted by Gasteiger charge is -2.18. The Morgan fingerprint density at radius 1 is 1.53 bits per heavy atom. The number of ether oxygens (including phenoxy) is 2. The van der Waals surface area contributed by atoms with Crippen molar-refractivity contribution in [1.29, 1.82) is 0 Å². The molecule has 0 aliphatic carbocycles. The molecule has 106 valence electrons. The van der Waals surface area contributed by atoms with Gasteiger partial charge in [-0.2, -0.15) is 0 Å². The van der Waals surface area contributed by atoms with Crippen LogP contribution >= 0.6 is 15.9 Å². The van der Waals surface area contributed by atoms with Crippen molar-refractivity contribution in [2.45, 2.75) is 32.4 Å². The van der Waals surface area contributed by atoms with Crippen LogP contribution in [0.2, 0.25) is 0 Å². The van der Waals surface area contributed by atoms with Crippen molar-refractivity contribution in [3.05, 3.63) is 22.2 Å². The van der Waals surface area contributed by atoms with Crippen LogP contribution in [0.3, 0.4) is 0 Å². The largest absolute Gasteiger partial charge is 0.493 e. The van der Waals surface area contributed by atoms with E-state index >= 15 is 0 Å². The number of halogens is 1. The van der Waals surface area contributed by atoms with Crippen LogP contribution in [-0.4, -0.2) is 24.3 Å². The average molecular weight is 332 g/mol. The van der Waals surface area contributed by atoms with Crippen LogP contribution in [0, 0.1) is 0 Å². The van der Waals surface area contributed by atoms with E-state index in [0.717, 1.165) is 12.0 Å². The first kappa shape index (κ1) is 15.8. The first-order valence-electron chi connectivity index (χ1n) is 5.99. The third-order valence-electron chi connectivity index (χ3n) is 2.61. The highest BCUT2D eigenvalue weighted by atomic mass is 79.9. The Bertz CT molecular complexity index is 451. The van der Waals surface area contributed by atoms with Crippen molar-refractivity contribution in [2.24, 2.45) is 5.73 Å². The Hall–Kier alpha value is -1.27. The van der Waals surface area contributed by atoms with E-state index in [-0.39, 0.29) is 0 Å². The van der Waals surface area contributed by atoms with Gasteiger partial charge in [-0.25, -0.2) is 4.79 Å². The lowest BCUT2D eigenvalue weighted by molar-refractivity contribution is -0.145. The normalized spacial score (nSPS) is 12.0. The van der Waals surface area contributed by atoms with Crippen LogP contribution in [0.1, 0.15) is 25.3 Å². The number of rotatable bonds is 7. The molecule has 0 amide bonds. The summed E-state index contributed by atoms with van der Waals surface area (Å²) in [6, 6.07) is 3.54. The maximum absolute atomic E-state index is 11.1. The molecule has 0 saturated heterocycles. The van der Waals surface area contributed by atoms with Gasteiger partial charge in [-0.3, -0.25) is 0 Å². The summed E-state index contributed by atoms with van der Waals surface area (Å²) in [6.45, 7) is 2.27. The third kappa shape index (κ3) is 4.11. The van der Waals surface area contributed by atoms with Gasteiger partial charge in [0, 0.05) is 6.54 Å². The second-order valence-corrected chi connectivity index (χ2v) is 4.90. The summed E-state index contributed by atoms with van der Waals surface area (Å²) in [4.78, 5) is 11.1. The molecule has 1 aromatic rings. The van der Waals surface area contributed by atoms with Crippen molar-refractivity contribution in [3.63, 3.8) is 0 Å². The molecule has 0 heterocycles. The van der Waals surface area contributed by atoms with E-state index in [2.05, 4.69) is 15.9 Å². The second-order valence-electron chi connectivity index (χ2n) is 4.05. The smallest absolute Gasteiger partial charge is 0.344 e. The van der Waals surface area contributed by atoms with Gasteiger partial charge >= 0.3 is 5.97 Å². The highest BCUT2D eigenvalue weighted by molar-refractivity contribution is 9.10. The van der Waals surface area contributed by atoms with Gasteiger partial charge in [0.15, 0.2) is 17.6 Å². The summed E-state index contributed by atoms with van der Waals surface area (Å²) in [5.74, 6) is -0.128. The van der Waals surface area contributed by atoms with E-state index in [4.69, 9.17) is 20.3 Å². The molecule has 0 bridgehead atoms. The molecule has 19 heavy (non-hydrogen) atoms. The molecule has 0 saturated carbocycles. The standard InChI is InChI=1S/C13H18BrNO4/c1-3-4-10(13(16)17)19-12-9(14)5-8(7-15)6-11(12)18-2/h5-6,10H,3-4,7,15H2,1-2H3,(H,16,17). The molecule has 5 nitrogen and oxygen atoms in total. The zero-order valence-electron chi connectivity index (χ0n) is 11.0. The van der Waals surface area contributed by atoms with Crippen LogP contribution in [0.15, 0.2) is 16.6 Å². The second kappa shape index (κ2) is 7.35. The number of carbonyl (C=O) groups is 1. The van der Waals surface area contributed by atoms with E-state index in [1.165, 1.54) is 7.11 Å². The average Bonchev–Trinajstić information content (AvgIpc) is 2.39. The summed E-state index contributed by atoms with van der Waals surface area (Å²) in [5.41, 5.74) is 6.45. The van der Waals surface area contributed by atoms with Crippen LogP contribution < -0.4 is 15.2 Å². The summed E-state index contributed by atoms with van der Waals surface area (Å²) in [5, 5.41) is 9.12. The van der Waals surface area contributed by atoms with Gasteiger partial charge in [-0.1, -0.05) is 13.3 Å². The fourth-order valence-corrected chi connectivity index (χ4v) is 2.23. The lowest BCUT2D eigenvalue weighted by Crippen LogP contribution is -2.27. The lowest BCUT2D eigenvalue weighted by atomic mass is 10.2. The number of aliphatic carboxylic acids is 1. The zero-order valence-corrected chi connectivity index (χ0v) is 12.6. The maximum atomic E-state index is 11.1. The Morgan fingerprint density at radius 2 is 2.21 bits per heavy atom. The molecular weight excluding hydrogens is 314 g/mol. The summed E-state index contributed by atoms with van der Waals surface area (Å²) in [7, 11) is 1.50. The summed E-state index contributed by atoms with van der Waals surface area (Å²) in [6.07, 6.45) is 0.264. The number of hydrogen-bond donors (Lipinski definition) is 2. The predicted molar refractivity (Wildman–Crippen MR) is 75.5 cm³/mol. The Kier molecular flexibility index (Phi) is 6.11. The van der Waals surface area contributed by atoms with Crippen molar-refractivity contribution in [3.8, 4) is 11.5 Å². The van der Waals surface area contributed by atoms with Gasteiger partial charge in [0.2, 0.25) is 0 Å². The van der Waals surface area contributed by atoms with Gasteiger partial charge in [-0.05, 0) is 40.0 Å². The van der Waals surface area contributed by atoms with E-state index in [0.29, 0.717) is 28.9 Å². The number of carboxylic acid groups (broad SMARTS) is 1. The summed E-state index contributed by atoms with van der Waals surface area (Å²) >= 11 is 3.35. The molecule has 0 aliphatic rings. The van der Waals surface area contributed by atoms with Gasteiger partial charge < -0.3 is 20.3 Å². The molecule has 1 rings (SSSR count). The molecule has 1 aromatic carbocycles. The molecule has 0 aliphatic heterocycles. The number of hydrogen-bond acceptors (Lipinski definition) is 4. The molecule has 0 fully saturated rings. The Labute approximate surface area is 120 Å². The van der Waals surface area contributed by atoms with Crippen molar-refractivity contribution in [2.75, 3.05) is 7.11 Å². The molecule has 3 N–H and O–H groups in total. The third-order valence-corrected chi connectivity index (χ3v) is 3.20. The van der Waals surface area contributed by atoms with Gasteiger partial charge in [0.05, 0.1) is 11.6 Å². The molecule has 0 radical (unpaired) electrons. The quantitative estimate of drug-likeness (QED) is 0.802. The topological polar surface area (TPSA) is 81.8 Å². The SMILES string of the molecule is CCCC(Oc1c(Br)cc(CN)cc1OC)C(=O)O.